The average Bonchev–Trinajstić information content (AvgIpc) is 2.29. The normalized spacial score (nSPS) is 20.3. The Bertz CT molecular complexity index is 286. The van der Waals surface area contributed by atoms with Crippen molar-refractivity contribution in [2.45, 2.75) is 32.7 Å². The first-order chi connectivity index (χ1) is 8.06. The molecule has 4 N–H and O–H groups in total. The van der Waals surface area contributed by atoms with Gasteiger partial charge in [0, 0.05) is 19.3 Å². The van der Waals surface area contributed by atoms with Crippen molar-refractivity contribution in [3.63, 3.8) is 0 Å². The Balaban J connectivity index is 2.58. The maximum absolute atomic E-state index is 12.0. The van der Waals surface area contributed by atoms with E-state index in [1.165, 1.54) is 0 Å². The van der Waals surface area contributed by atoms with Crippen molar-refractivity contribution < 1.29 is 14.7 Å². The molecule has 0 radical (unpaired) electrons. The van der Waals surface area contributed by atoms with Gasteiger partial charge in [0.1, 0.15) is 5.92 Å². The molecular formula is C11H21N3O3. The molecule has 0 spiro atoms. The van der Waals surface area contributed by atoms with Crippen LogP contribution in [0.2, 0.25) is 0 Å². The number of rotatable bonds is 4. The van der Waals surface area contributed by atoms with Gasteiger partial charge in [-0.3, -0.25) is 4.79 Å². The van der Waals surface area contributed by atoms with Crippen molar-refractivity contribution in [3.05, 3.63) is 0 Å². The Morgan fingerprint density at radius 2 is 2.06 bits per heavy atom. The summed E-state index contributed by atoms with van der Waals surface area (Å²) < 4.78 is 5.22. The number of amidine groups is 1. The van der Waals surface area contributed by atoms with E-state index in [-0.39, 0.29) is 23.7 Å². The second kappa shape index (κ2) is 6.44. The number of hydrogen-bond acceptors (Lipinski definition) is 4. The number of ether oxygens (including phenoxy) is 1. The Labute approximate surface area is 101 Å². The Kier molecular flexibility index (Phi) is 5.21. The molecule has 6 nitrogen and oxygen atoms in total. The van der Waals surface area contributed by atoms with Crippen LogP contribution in [0.15, 0.2) is 5.16 Å². The predicted molar refractivity (Wildman–Crippen MR) is 63.7 cm³/mol. The van der Waals surface area contributed by atoms with Crippen LogP contribution in [-0.2, 0) is 9.53 Å². The highest BCUT2D eigenvalue weighted by atomic mass is 16.5. The number of nitrogens with zero attached hydrogens (tertiary/aromatic N) is 1. The van der Waals surface area contributed by atoms with Crippen LogP contribution < -0.4 is 11.1 Å². The largest absolute Gasteiger partial charge is 0.409 e. The van der Waals surface area contributed by atoms with Crippen LogP contribution >= 0.6 is 0 Å². The summed E-state index contributed by atoms with van der Waals surface area (Å²) >= 11 is 0. The van der Waals surface area contributed by atoms with Gasteiger partial charge in [-0.05, 0) is 18.8 Å². The van der Waals surface area contributed by atoms with Gasteiger partial charge in [0.05, 0.1) is 0 Å². The SMILES string of the molecule is CC(C)C(C(=O)NC1CCOCC1)/C(N)=N/O. The van der Waals surface area contributed by atoms with Crippen LogP contribution in [0.3, 0.4) is 0 Å². The smallest absolute Gasteiger partial charge is 0.231 e. The highest BCUT2D eigenvalue weighted by Crippen LogP contribution is 2.13. The molecular weight excluding hydrogens is 222 g/mol. The summed E-state index contributed by atoms with van der Waals surface area (Å²) in [6, 6.07) is 0.129. The minimum Gasteiger partial charge on any atom is -0.409 e. The summed E-state index contributed by atoms with van der Waals surface area (Å²) in [6.07, 6.45) is 1.62. The molecule has 1 saturated heterocycles. The van der Waals surface area contributed by atoms with Crippen LogP contribution in [0.1, 0.15) is 26.7 Å². The van der Waals surface area contributed by atoms with Gasteiger partial charge < -0.3 is 21.0 Å². The molecule has 1 aliphatic rings. The molecule has 6 heteroatoms. The van der Waals surface area contributed by atoms with Crippen molar-refractivity contribution in [3.8, 4) is 0 Å². The lowest BCUT2D eigenvalue weighted by atomic mass is 9.93. The van der Waals surface area contributed by atoms with Crippen LogP contribution in [0.5, 0.6) is 0 Å². The van der Waals surface area contributed by atoms with Gasteiger partial charge in [0.2, 0.25) is 5.91 Å². The zero-order chi connectivity index (χ0) is 12.8. The summed E-state index contributed by atoms with van der Waals surface area (Å²) in [4.78, 5) is 12.0. The van der Waals surface area contributed by atoms with E-state index in [4.69, 9.17) is 15.7 Å². The van der Waals surface area contributed by atoms with Gasteiger partial charge in [-0.25, -0.2) is 0 Å². The molecule has 0 aromatic heterocycles. The topological polar surface area (TPSA) is 96.9 Å². The lowest BCUT2D eigenvalue weighted by molar-refractivity contribution is -0.125. The van der Waals surface area contributed by atoms with E-state index in [0.29, 0.717) is 13.2 Å². The number of hydrogen-bond donors (Lipinski definition) is 3. The summed E-state index contributed by atoms with van der Waals surface area (Å²) in [6.45, 7) is 5.07. The molecule has 0 aromatic rings. The molecule has 1 atom stereocenters. The molecule has 0 saturated carbocycles. The summed E-state index contributed by atoms with van der Waals surface area (Å²) in [5.74, 6) is -0.805. The van der Waals surface area contributed by atoms with Crippen LogP contribution in [0.4, 0.5) is 0 Å². The monoisotopic (exact) mass is 243 g/mol. The van der Waals surface area contributed by atoms with Crippen molar-refractivity contribution in [1.29, 1.82) is 0 Å². The number of nitrogens with one attached hydrogen (secondary N) is 1. The number of carbonyl (C=O) groups is 1. The first-order valence-corrected chi connectivity index (χ1v) is 5.91. The maximum Gasteiger partial charge on any atom is 0.231 e. The van der Waals surface area contributed by atoms with E-state index in [2.05, 4.69) is 10.5 Å². The van der Waals surface area contributed by atoms with Gasteiger partial charge in [-0.2, -0.15) is 0 Å². The van der Waals surface area contributed by atoms with Crippen molar-refractivity contribution in [1.82, 2.24) is 5.32 Å². The van der Waals surface area contributed by atoms with Gasteiger partial charge in [0.25, 0.3) is 0 Å². The van der Waals surface area contributed by atoms with Gasteiger partial charge in [-0.15, -0.1) is 0 Å². The van der Waals surface area contributed by atoms with E-state index >= 15 is 0 Å². The zero-order valence-electron chi connectivity index (χ0n) is 10.3. The molecule has 1 amide bonds. The standard InChI is InChI=1S/C11H21N3O3/c1-7(2)9(10(12)14-16)11(15)13-8-3-5-17-6-4-8/h7-9,16H,3-6H2,1-2H3,(H2,12,14)(H,13,15). The number of nitrogens with two attached hydrogens (primary N) is 1. The molecule has 1 heterocycles. The third-order valence-corrected chi connectivity index (χ3v) is 2.95. The van der Waals surface area contributed by atoms with Gasteiger partial charge >= 0.3 is 0 Å². The van der Waals surface area contributed by atoms with Gasteiger partial charge in [-0.1, -0.05) is 19.0 Å². The summed E-state index contributed by atoms with van der Waals surface area (Å²) in [5, 5.41) is 14.5. The zero-order valence-corrected chi connectivity index (χ0v) is 10.3. The molecule has 17 heavy (non-hydrogen) atoms. The lowest BCUT2D eigenvalue weighted by Gasteiger charge is -2.26. The fourth-order valence-corrected chi connectivity index (χ4v) is 1.97. The van der Waals surface area contributed by atoms with E-state index in [0.717, 1.165) is 12.8 Å². The third kappa shape index (κ3) is 3.89. The third-order valence-electron chi connectivity index (χ3n) is 2.95. The molecule has 1 fully saturated rings. The van der Waals surface area contributed by atoms with E-state index in [1.807, 2.05) is 13.8 Å². The second-order valence-electron chi connectivity index (χ2n) is 4.64. The van der Waals surface area contributed by atoms with Crippen LogP contribution in [0, 0.1) is 11.8 Å². The number of carbonyl (C=O) groups excluding carboxylic acids is 1. The van der Waals surface area contributed by atoms with Gasteiger partial charge in [0.15, 0.2) is 5.84 Å². The van der Waals surface area contributed by atoms with E-state index in [9.17, 15) is 4.79 Å². The Hall–Kier alpha value is -1.30. The molecule has 98 valence electrons. The summed E-state index contributed by atoms with van der Waals surface area (Å²) in [5.41, 5.74) is 5.54. The fraction of sp³-hybridized carbons (Fsp3) is 0.818. The fourth-order valence-electron chi connectivity index (χ4n) is 1.97. The van der Waals surface area contributed by atoms with Crippen molar-refractivity contribution in [2.24, 2.45) is 22.7 Å². The highest BCUT2D eigenvalue weighted by molar-refractivity contribution is 6.02. The van der Waals surface area contributed by atoms with Crippen molar-refractivity contribution in [2.75, 3.05) is 13.2 Å². The minimum atomic E-state index is -0.581. The molecule has 1 rings (SSSR count). The molecule has 1 aliphatic heterocycles. The molecule has 0 aromatic carbocycles. The Morgan fingerprint density at radius 1 is 1.47 bits per heavy atom. The average molecular weight is 243 g/mol. The van der Waals surface area contributed by atoms with Crippen LogP contribution in [-0.4, -0.2) is 36.2 Å². The Morgan fingerprint density at radius 3 is 2.53 bits per heavy atom. The highest BCUT2D eigenvalue weighted by Gasteiger charge is 2.28. The summed E-state index contributed by atoms with van der Waals surface area (Å²) in [7, 11) is 0. The number of oxime groups is 1. The first kappa shape index (κ1) is 13.8. The van der Waals surface area contributed by atoms with E-state index < -0.39 is 5.92 Å². The predicted octanol–water partition coefficient (Wildman–Crippen LogP) is 0.300. The van der Waals surface area contributed by atoms with Crippen LogP contribution in [0.25, 0.3) is 0 Å². The molecule has 0 bridgehead atoms. The first-order valence-electron chi connectivity index (χ1n) is 5.91. The van der Waals surface area contributed by atoms with E-state index in [1.54, 1.807) is 0 Å². The quantitative estimate of drug-likeness (QED) is 0.286. The molecule has 1 unspecified atom stereocenters. The number of amides is 1. The second-order valence-corrected chi connectivity index (χ2v) is 4.64. The minimum absolute atomic E-state index is 0.00857. The van der Waals surface area contributed by atoms with Crippen molar-refractivity contribution >= 4 is 11.7 Å². The molecule has 0 aliphatic carbocycles. The lowest BCUT2D eigenvalue weighted by Crippen LogP contribution is -2.47. The maximum atomic E-state index is 12.0.